The van der Waals surface area contributed by atoms with Crippen molar-refractivity contribution < 1.29 is 10.2 Å². The van der Waals surface area contributed by atoms with Crippen LogP contribution in [0.4, 0.5) is 0 Å². The molecule has 0 aromatic carbocycles. The number of rotatable bonds is 3. The van der Waals surface area contributed by atoms with E-state index in [0.29, 0.717) is 6.42 Å². The lowest BCUT2D eigenvalue weighted by Gasteiger charge is -1.76. The van der Waals surface area contributed by atoms with Crippen LogP contribution in [0.3, 0.4) is 0 Å². The molecule has 0 aromatic rings. The SMILES string of the molecule is OCC=C=CCCO. The zero-order valence-electron chi connectivity index (χ0n) is 4.67. The summed E-state index contributed by atoms with van der Waals surface area (Å²) in [7, 11) is 0. The Kier molecular flexibility index (Phi) is 5.99. The average Bonchev–Trinajstić information content (AvgIpc) is 1.81. The summed E-state index contributed by atoms with van der Waals surface area (Å²) in [6.45, 7) is 0.161. The number of hydrogen-bond acceptors (Lipinski definition) is 2. The van der Waals surface area contributed by atoms with Crippen LogP contribution in [0.25, 0.3) is 0 Å². The summed E-state index contributed by atoms with van der Waals surface area (Å²) < 4.78 is 0. The maximum absolute atomic E-state index is 8.22. The average molecular weight is 114 g/mol. The van der Waals surface area contributed by atoms with Crippen LogP contribution >= 0.6 is 0 Å². The van der Waals surface area contributed by atoms with E-state index in [1.807, 2.05) is 0 Å². The van der Waals surface area contributed by atoms with Gasteiger partial charge in [0.1, 0.15) is 0 Å². The lowest BCUT2D eigenvalue weighted by atomic mass is 10.4. The fourth-order valence-corrected chi connectivity index (χ4v) is 0.284. The summed E-state index contributed by atoms with van der Waals surface area (Å²) >= 11 is 0. The van der Waals surface area contributed by atoms with E-state index >= 15 is 0 Å². The van der Waals surface area contributed by atoms with Crippen molar-refractivity contribution in [2.45, 2.75) is 6.42 Å². The second-order valence-electron chi connectivity index (χ2n) is 1.27. The molecule has 0 fully saturated rings. The highest BCUT2D eigenvalue weighted by Gasteiger charge is 1.67. The van der Waals surface area contributed by atoms with Gasteiger partial charge in [0, 0.05) is 6.61 Å². The van der Waals surface area contributed by atoms with Crippen LogP contribution in [0.5, 0.6) is 0 Å². The highest BCUT2D eigenvalue weighted by atomic mass is 16.3. The van der Waals surface area contributed by atoms with E-state index in [4.69, 9.17) is 10.2 Å². The highest BCUT2D eigenvalue weighted by Crippen LogP contribution is 1.75. The predicted octanol–water partition coefficient (Wildman–Crippen LogP) is 0.0724. The molecule has 2 nitrogen and oxygen atoms in total. The molecule has 0 amide bonds. The lowest BCUT2D eigenvalue weighted by molar-refractivity contribution is 0.302. The van der Waals surface area contributed by atoms with Crippen LogP contribution in [-0.2, 0) is 0 Å². The second kappa shape index (κ2) is 6.44. The molecule has 0 atom stereocenters. The molecular formula is C6H10O2. The van der Waals surface area contributed by atoms with Gasteiger partial charge in [0.2, 0.25) is 0 Å². The topological polar surface area (TPSA) is 40.5 Å². The van der Waals surface area contributed by atoms with Crippen LogP contribution < -0.4 is 0 Å². The zero-order valence-corrected chi connectivity index (χ0v) is 4.67. The van der Waals surface area contributed by atoms with E-state index < -0.39 is 0 Å². The Morgan fingerprint density at radius 2 is 2.00 bits per heavy atom. The molecule has 0 heterocycles. The minimum Gasteiger partial charge on any atom is -0.396 e. The Morgan fingerprint density at radius 1 is 1.25 bits per heavy atom. The molecule has 0 aliphatic carbocycles. The molecule has 0 saturated heterocycles. The van der Waals surface area contributed by atoms with E-state index in [1.54, 1.807) is 6.08 Å². The third-order valence-corrected chi connectivity index (χ3v) is 0.600. The number of aliphatic hydroxyl groups excluding tert-OH is 2. The van der Waals surface area contributed by atoms with Crippen molar-refractivity contribution in [1.82, 2.24) is 0 Å². The standard InChI is InChI=1S/C6H10O2/c7-5-3-1-2-4-6-8/h1,4,7-8H,3,5-6H2. The van der Waals surface area contributed by atoms with Crippen LogP contribution in [0.15, 0.2) is 17.9 Å². The molecular weight excluding hydrogens is 104 g/mol. The van der Waals surface area contributed by atoms with Crippen molar-refractivity contribution in [2.24, 2.45) is 0 Å². The third kappa shape index (κ3) is 5.44. The summed E-state index contributed by atoms with van der Waals surface area (Å²) in [4.78, 5) is 0. The molecule has 0 aliphatic heterocycles. The molecule has 0 aromatic heterocycles. The first kappa shape index (κ1) is 7.44. The first-order valence-corrected chi connectivity index (χ1v) is 2.53. The van der Waals surface area contributed by atoms with Gasteiger partial charge in [-0.1, -0.05) is 0 Å². The van der Waals surface area contributed by atoms with Crippen LogP contribution in [0.2, 0.25) is 0 Å². The summed E-state index contributed by atoms with van der Waals surface area (Å²) in [5, 5.41) is 16.4. The van der Waals surface area contributed by atoms with Crippen molar-refractivity contribution in [3.63, 3.8) is 0 Å². The summed E-state index contributed by atoms with van der Waals surface area (Å²) in [6.07, 6.45) is 3.78. The normalized spacial score (nSPS) is 7.75. The van der Waals surface area contributed by atoms with Gasteiger partial charge in [0.05, 0.1) is 6.61 Å². The van der Waals surface area contributed by atoms with Crippen molar-refractivity contribution >= 4 is 0 Å². The Balaban J connectivity index is 3.18. The predicted molar refractivity (Wildman–Crippen MR) is 31.4 cm³/mol. The largest absolute Gasteiger partial charge is 0.396 e. The zero-order chi connectivity index (χ0) is 6.24. The van der Waals surface area contributed by atoms with Gasteiger partial charge in [0.15, 0.2) is 0 Å². The van der Waals surface area contributed by atoms with Crippen molar-refractivity contribution in [1.29, 1.82) is 0 Å². The fraction of sp³-hybridized carbons (Fsp3) is 0.500. The molecule has 0 aliphatic rings. The van der Waals surface area contributed by atoms with E-state index in [-0.39, 0.29) is 13.2 Å². The summed E-state index contributed by atoms with van der Waals surface area (Å²) in [5.74, 6) is 0. The van der Waals surface area contributed by atoms with Gasteiger partial charge >= 0.3 is 0 Å². The van der Waals surface area contributed by atoms with Crippen LogP contribution in [0, 0.1) is 0 Å². The smallest absolute Gasteiger partial charge is 0.0686 e. The Bertz CT molecular complexity index is 90.7. The quantitative estimate of drug-likeness (QED) is 0.510. The van der Waals surface area contributed by atoms with E-state index in [9.17, 15) is 0 Å². The van der Waals surface area contributed by atoms with Gasteiger partial charge < -0.3 is 10.2 Å². The van der Waals surface area contributed by atoms with Crippen molar-refractivity contribution in [3.05, 3.63) is 17.9 Å². The molecule has 0 spiro atoms. The Morgan fingerprint density at radius 3 is 2.50 bits per heavy atom. The number of aliphatic hydroxyl groups is 2. The molecule has 46 valence electrons. The van der Waals surface area contributed by atoms with Gasteiger partial charge in [0.25, 0.3) is 0 Å². The minimum absolute atomic E-state index is 0.0158. The second-order valence-corrected chi connectivity index (χ2v) is 1.27. The Labute approximate surface area is 48.8 Å². The van der Waals surface area contributed by atoms with Crippen LogP contribution in [0.1, 0.15) is 6.42 Å². The lowest BCUT2D eigenvalue weighted by Crippen LogP contribution is -1.73. The monoisotopic (exact) mass is 114 g/mol. The van der Waals surface area contributed by atoms with Crippen molar-refractivity contribution in [2.75, 3.05) is 13.2 Å². The van der Waals surface area contributed by atoms with Gasteiger partial charge in [-0.05, 0) is 18.6 Å². The summed E-state index contributed by atoms with van der Waals surface area (Å²) in [5.41, 5.74) is 2.68. The third-order valence-electron chi connectivity index (χ3n) is 0.600. The first-order chi connectivity index (χ1) is 3.91. The van der Waals surface area contributed by atoms with Gasteiger partial charge in [-0.25, -0.2) is 0 Å². The highest BCUT2D eigenvalue weighted by molar-refractivity contribution is 4.83. The first-order valence-electron chi connectivity index (χ1n) is 2.53. The molecule has 0 unspecified atom stereocenters. The minimum atomic E-state index is 0.0158. The van der Waals surface area contributed by atoms with Gasteiger partial charge in [-0.3, -0.25) is 0 Å². The molecule has 8 heavy (non-hydrogen) atoms. The van der Waals surface area contributed by atoms with E-state index in [0.717, 1.165) is 0 Å². The molecule has 0 saturated carbocycles. The Hall–Kier alpha value is -0.560. The molecule has 0 bridgehead atoms. The molecule has 2 N–H and O–H groups in total. The summed E-state index contributed by atoms with van der Waals surface area (Å²) in [6, 6.07) is 0. The maximum atomic E-state index is 8.22. The van der Waals surface area contributed by atoms with Crippen LogP contribution in [-0.4, -0.2) is 23.4 Å². The van der Waals surface area contributed by atoms with E-state index in [1.165, 1.54) is 6.08 Å². The fourth-order valence-electron chi connectivity index (χ4n) is 0.284. The molecule has 0 rings (SSSR count). The number of hydrogen-bond donors (Lipinski definition) is 2. The molecule has 0 radical (unpaired) electrons. The maximum Gasteiger partial charge on any atom is 0.0686 e. The van der Waals surface area contributed by atoms with Gasteiger partial charge in [-0.15, -0.1) is 5.73 Å². The van der Waals surface area contributed by atoms with E-state index in [2.05, 4.69) is 5.73 Å². The van der Waals surface area contributed by atoms with Gasteiger partial charge in [-0.2, -0.15) is 0 Å². The van der Waals surface area contributed by atoms with Crippen molar-refractivity contribution in [3.8, 4) is 0 Å². The molecule has 2 heteroatoms.